The zero-order chi connectivity index (χ0) is 20.8. The molecule has 1 aromatic heterocycles. The number of nitrogens with zero attached hydrogens (tertiary/aromatic N) is 1. The first kappa shape index (κ1) is 21.9. The zero-order valence-corrected chi connectivity index (χ0v) is 18.3. The lowest BCUT2D eigenvalue weighted by atomic mass is 9.95. The van der Waals surface area contributed by atoms with Crippen LogP contribution >= 0.6 is 0 Å². The molecule has 0 unspecified atom stereocenters. The van der Waals surface area contributed by atoms with E-state index in [0.717, 1.165) is 53.1 Å². The number of benzene rings is 1. The van der Waals surface area contributed by atoms with Gasteiger partial charge in [0.15, 0.2) is 0 Å². The number of carbonyl (C=O) groups excluding carboxylic acids is 1. The fourth-order valence-corrected chi connectivity index (χ4v) is 3.35. The van der Waals surface area contributed by atoms with Gasteiger partial charge in [-0.05, 0) is 71.2 Å². The molecule has 0 aliphatic rings. The van der Waals surface area contributed by atoms with Crippen LogP contribution in [0.25, 0.3) is 0 Å². The van der Waals surface area contributed by atoms with Crippen LogP contribution in [0.5, 0.6) is 11.5 Å². The van der Waals surface area contributed by atoms with Crippen LogP contribution < -0.4 is 9.47 Å². The lowest BCUT2D eigenvalue weighted by Gasteiger charge is -2.17. The third-order valence-electron chi connectivity index (χ3n) is 4.68. The first-order chi connectivity index (χ1) is 13.2. The summed E-state index contributed by atoms with van der Waals surface area (Å²) >= 11 is 0. The Labute approximate surface area is 169 Å². The van der Waals surface area contributed by atoms with Gasteiger partial charge in [-0.1, -0.05) is 19.8 Å². The largest absolute Gasteiger partial charge is 0.493 e. The van der Waals surface area contributed by atoms with Gasteiger partial charge >= 0.3 is 0 Å². The molecule has 0 atom stereocenters. The average molecular weight is 384 g/mol. The van der Waals surface area contributed by atoms with Crippen LogP contribution in [0.4, 0.5) is 0 Å². The second-order valence-corrected chi connectivity index (χ2v) is 7.72. The molecule has 1 heterocycles. The van der Waals surface area contributed by atoms with E-state index in [1.165, 1.54) is 0 Å². The van der Waals surface area contributed by atoms with Crippen LogP contribution in [0.15, 0.2) is 18.2 Å². The van der Waals surface area contributed by atoms with Crippen molar-refractivity contribution in [3.8, 4) is 11.5 Å². The third-order valence-corrected chi connectivity index (χ3v) is 4.68. The van der Waals surface area contributed by atoms with Gasteiger partial charge in [0.2, 0.25) is 5.78 Å². The SMILES string of the molecule is CCCCCOc1cc(C)nc(C(=O)c2c(C)cc(OC(C)C)cc2C)c1C. The number of hydrogen-bond acceptors (Lipinski definition) is 4. The number of rotatable bonds is 9. The standard InChI is InChI=1S/C24H33NO3/c1-8-9-10-11-27-21-14-18(6)25-23(19(21)7)24(26)22-16(4)12-20(13-17(22)5)28-15(2)3/h12-15H,8-11H2,1-7H3. The molecule has 4 nitrogen and oxygen atoms in total. The number of ether oxygens (including phenoxy) is 2. The highest BCUT2D eigenvalue weighted by atomic mass is 16.5. The summed E-state index contributed by atoms with van der Waals surface area (Å²) in [5.41, 5.74) is 4.54. The maximum absolute atomic E-state index is 13.4. The summed E-state index contributed by atoms with van der Waals surface area (Å²) in [5, 5.41) is 0. The van der Waals surface area contributed by atoms with Crippen LogP contribution in [0.1, 0.15) is 78.5 Å². The van der Waals surface area contributed by atoms with Crippen LogP contribution in [-0.2, 0) is 0 Å². The molecule has 0 fully saturated rings. The monoisotopic (exact) mass is 383 g/mol. The van der Waals surface area contributed by atoms with Crippen molar-refractivity contribution in [2.75, 3.05) is 6.61 Å². The molecule has 0 saturated heterocycles. The minimum atomic E-state index is -0.0642. The molecule has 152 valence electrons. The van der Waals surface area contributed by atoms with Crippen molar-refractivity contribution in [2.24, 2.45) is 0 Å². The number of ketones is 1. The molecule has 0 radical (unpaired) electrons. The van der Waals surface area contributed by atoms with E-state index in [1.807, 2.05) is 59.7 Å². The Hall–Kier alpha value is -2.36. The minimum Gasteiger partial charge on any atom is -0.493 e. The summed E-state index contributed by atoms with van der Waals surface area (Å²) in [5.74, 6) is 1.48. The van der Waals surface area contributed by atoms with E-state index >= 15 is 0 Å². The molecule has 0 amide bonds. The van der Waals surface area contributed by atoms with E-state index in [2.05, 4.69) is 11.9 Å². The van der Waals surface area contributed by atoms with E-state index in [1.54, 1.807) is 0 Å². The fourth-order valence-electron chi connectivity index (χ4n) is 3.35. The predicted octanol–water partition coefficient (Wildman–Crippen LogP) is 5.90. The third kappa shape index (κ3) is 5.34. The van der Waals surface area contributed by atoms with E-state index in [4.69, 9.17) is 9.47 Å². The van der Waals surface area contributed by atoms with Gasteiger partial charge < -0.3 is 9.47 Å². The smallest absolute Gasteiger partial charge is 0.212 e. The maximum Gasteiger partial charge on any atom is 0.212 e. The molecule has 2 aromatic rings. The van der Waals surface area contributed by atoms with Gasteiger partial charge in [0.1, 0.15) is 17.2 Å². The molecule has 2 rings (SSSR count). The summed E-state index contributed by atoms with van der Waals surface area (Å²) in [4.78, 5) is 17.9. The Morgan fingerprint density at radius 1 is 1.04 bits per heavy atom. The van der Waals surface area contributed by atoms with Gasteiger partial charge in [0.05, 0.1) is 12.7 Å². The summed E-state index contributed by atoms with van der Waals surface area (Å²) in [6.45, 7) is 14.5. The van der Waals surface area contributed by atoms with Crippen molar-refractivity contribution in [3.63, 3.8) is 0 Å². The molecule has 0 saturated carbocycles. The molecule has 28 heavy (non-hydrogen) atoms. The average Bonchev–Trinajstić information content (AvgIpc) is 2.59. The minimum absolute atomic E-state index is 0.0642. The Balaban J connectivity index is 2.37. The van der Waals surface area contributed by atoms with Crippen LogP contribution in [0.3, 0.4) is 0 Å². The second kappa shape index (κ2) is 9.72. The van der Waals surface area contributed by atoms with Crippen LogP contribution in [-0.4, -0.2) is 23.5 Å². The highest BCUT2D eigenvalue weighted by molar-refractivity contribution is 6.10. The molecular weight excluding hydrogens is 350 g/mol. The fraction of sp³-hybridized carbons (Fsp3) is 0.500. The molecule has 0 N–H and O–H groups in total. The quantitative estimate of drug-likeness (QED) is 0.399. The normalized spacial score (nSPS) is 11.0. The van der Waals surface area contributed by atoms with E-state index in [0.29, 0.717) is 17.9 Å². The Morgan fingerprint density at radius 2 is 1.68 bits per heavy atom. The first-order valence-electron chi connectivity index (χ1n) is 10.2. The lowest BCUT2D eigenvalue weighted by Crippen LogP contribution is -2.13. The van der Waals surface area contributed by atoms with E-state index in [9.17, 15) is 4.79 Å². The summed E-state index contributed by atoms with van der Waals surface area (Å²) in [7, 11) is 0. The molecule has 1 aromatic carbocycles. The summed E-state index contributed by atoms with van der Waals surface area (Å²) in [6.07, 6.45) is 3.39. The zero-order valence-electron chi connectivity index (χ0n) is 18.3. The van der Waals surface area contributed by atoms with Gasteiger partial charge in [-0.15, -0.1) is 0 Å². The van der Waals surface area contributed by atoms with Crippen molar-refractivity contribution >= 4 is 5.78 Å². The first-order valence-corrected chi connectivity index (χ1v) is 10.2. The van der Waals surface area contributed by atoms with Gasteiger partial charge in [0.25, 0.3) is 0 Å². The molecule has 0 aliphatic carbocycles. The topological polar surface area (TPSA) is 48.4 Å². The number of carbonyl (C=O) groups is 1. The predicted molar refractivity (Wildman–Crippen MR) is 114 cm³/mol. The van der Waals surface area contributed by atoms with Gasteiger partial charge in [0, 0.05) is 22.9 Å². The molecule has 4 heteroatoms. The summed E-state index contributed by atoms with van der Waals surface area (Å²) in [6, 6.07) is 5.76. The highest BCUT2D eigenvalue weighted by Crippen LogP contribution is 2.28. The van der Waals surface area contributed by atoms with Crippen molar-refractivity contribution in [1.29, 1.82) is 0 Å². The van der Waals surface area contributed by atoms with E-state index < -0.39 is 0 Å². The van der Waals surface area contributed by atoms with Crippen molar-refractivity contribution in [3.05, 3.63) is 51.8 Å². The van der Waals surface area contributed by atoms with Gasteiger partial charge in [-0.3, -0.25) is 4.79 Å². The summed E-state index contributed by atoms with van der Waals surface area (Å²) < 4.78 is 11.8. The number of aromatic nitrogens is 1. The Morgan fingerprint density at radius 3 is 2.25 bits per heavy atom. The van der Waals surface area contributed by atoms with E-state index in [-0.39, 0.29) is 11.9 Å². The Kier molecular flexibility index (Phi) is 7.61. The number of aryl methyl sites for hydroxylation is 3. The molecule has 0 aliphatic heterocycles. The van der Waals surface area contributed by atoms with Crippen LogP contribution in [0.2, 0.25) is 0 Å². The number of hydrogen-bond donors (Lipinski definition) is 0. The molecule has 0 spiro atoms. The highest BCUT2D eigenvalue weighted by Gasteiger charge is 2.21. The molecular formula is C24H33NO3. The Bertz CT molecular complexity index is 817. The number of unbranched alkanes of at least 4 members (excludes halogenated alkanes) is 2. The van der Waals surface area contributed by atoms with Gasteiger partial charge in [-0.25, -0.2) is 4.98 Å². The number of pyridine rings is 1. The van der Waals surface area contributed by atoms with Gasteiger partial charge in [-0.2, -0.15) is 0 Å². The lowest BCUT2D eigenvalue weighted by molar-refractivity contribution is 0.103. The molecule has 0 bridgehead atoms. The van der Waals surface area contributed by atoms with Crippen LogP contribution in [0, 0.1) is 27.7 Å². The maximum atomic E-state index is 13.4. The second-order valence-electron chi connectivity index (χ2n) is 7.72. The van der Waals surface area contributed by atoms with Crippen molar-refractivity contribution < 1.29 is 14.3 Å². The van der Waals surface area contributed by atoms with Crippen molar-refractivity contribution in [1.82, 2.24) is 4.98 Å². The van der Waals surface area contributed by atoms with Crippen molar-refractivity contribution in [2.45, 2.75) is 73.8 Å².